The number of nitrogens with one attached hydrogen (secondary N) is 5. The Labute approximate surface area is 424 Å². The summed E-state index contributed by atoms with van der Waals surface area (Å²) in [5.74, 6) is -0.793. The van der Waals surface area contributed by atoms with Gasteiger partial charge in [-0.25, -0.2) is 14.2 Å². The zero-order valence-corrected chi connectivity index (χ0v) is 41.6. The monoisotopic (exact) mass is 1040 g/mol. The summed E-state index contributed by atoms with van der Waals surface area (Å²) < 4.78 is 64.7. The van der Waals surface area contributed by atoms with Gasteiger partial charge in [0.25, 0.3) is 5.91 Å². The smallest absolute Gasteiger partial charge is 0.395 e. The molecule has 5 N–H and O–H groups in total. The molecule has 2 fully saturated rings. The predicted molar refractivity (Wildman–Crippen MR) is 270 cm³/mol. The zero-order chi connectivity index (χ0) is 50.2. The molecular formula is C50H52F2N8O9S3. The Morgan fingerprint density at radius 1 is 0.847 bits per heavy atom. The van der Waals surface area contributed by atoms with Crippen LogP contribution in [0.4, 0.5) is 25.4 Å². The fourth-order valence-corrected chi connectivity index (χ4v) is 11.1. The Bertz CT molecular complexity index is 2960. The number of thiazole rings is 1. The fourth-order valence-electron chi connectivity index (χ4n) is 8.42. The second-order valence-corrected chi connectivity index (χ2v) is 20.9. The molecule has 1 aliphatic carbocycles. The van der Waals surface area contributed by atoms with Crippen molar-refractivity contribution >= 4 is 84.1 Å². The van der Waals surface area contributed by atoms with E-state index in [1.54, 1.807) is 30.3 Å². The van der Waals surface area contributed by atoms with Gasteiger partial charge in [0.1, 0.15) is 10.0 Å². The van der Waals surface area contributed by atoms with Gasteiger partial charge in [-0.15, -0.1) is 20.1 Å². The van der Waals surface area contributed by atoms with E-state index in [-0.39, 0.29) is 54.2 Å². The lowest BCUT2D eigenvalue weighted by molar-refractivity contribution is -0.286. The average molecular weight is 1040 g/mol. The Hall–Kier alpha value is -6.43. The summed E-state index contributed by atoms with van der Waals surface area (Å²) >= 11 is 2.80. The highest BCUT2D eigenvalue weighted by Crippen LogP contribution is 2.52. The molecule has 0 radical (unpaired) electrons. The SMILES string of the molecule is Cc1ccc(NC(=O)C2(c3ccc4c(c3)OC(F)(F)O4)CC2)nc1-c1cccc(C(=O)NCCOCCOCCNC(=O)CCN2CCC(C(=O)Nc3nc4ccc(NS(=O)c5cccs5)cc4s3)CC2)c1. The van der Waals surface area contributed by atoms with Crippen LogP contribution in [0.25, 0.3) is 21.5 Å². The number of benzene rings is 3. The fraction of sp³-hybridized carbons (Fsp3) is 0.360. The first-order valence-electron chi connectivity index (χ1n) is 23.5. The molecule has 0 spiro atoms. The highest BCUT2D eigenvalue weighted by molar-refractivity contribution is 7.88. The van der Waals surface area contributed by atoms with Crippen LogP contribution in [0.1, 0.15) is 53.6 Å². The highest BCUT2D eigenvalue weighted by Gasteiger charge is 2.53. The molecule has 1 saturated heterocycles. The number of aryl methyl sites for hydroxylation is 1. The summed E-state index contributed by atoms with van der Waals surface area (Å²) in [6.07, 6.45) is -0.990. The molecule has 3 aromatic carbocycles. The summed E-state index contributed by atoms with van der Waals surface area (Å²) in [5.41, 5.74) is 3.60. The number of fused-ring (bicyclic) bond motifs is 2. The maximum absolute atomic E-state index is 13.6. The number of aromatic nitrogens is 2. The molecule has 9 rings (SSSR count). The first-order valence-corrected chi connectivity index (χ1v) is 26.3. The van der Waals surface area contributed by atoms with E-state index in [0.717, 1.165) is 20.0 Å². The second kappa shape index (κ2) is 22.6. The van der Waals surface area contributed by atoms with Crippen LogP contribution in [-0.4, -0.2) is 108 Å². The third-order valence-corrected chi connectivity index (χ3v) is 15.7. The minimum absolute atomic E-state index is 0.0636. The summed E-state index contributed by atoms with van der Waals surface area (Å²) in [5, 5.41) is 14.0. The number of carbonyl (C=O) groups is 4. The molecule has 378 valence electrons. The number of pyridine rings is 1. The van der Waals surface area contributed by atoms with Crippen molar-refractivity contribution in [2.45, 2.75) is 54.9 Å². The summed E-state index contributed by atoms with van der Waals surface area (Å²) in [6, 6.07) is 24.1. The molecular weight excluding hydrogens is 991 g/mol. The van der Waals surface area contributed by atoms with Gasteiger partial charge in [0, 0.05) is 48.8 Å². The Balaban J connectivity index is 0.613. The van der Waals surface area contributed by atoms with Gasteiger partial charge in [0.05, 0.1) is 47.8 Å². The van der Waals surface area contributed by atoms with E-state index < -0.39 is 22.7 Å². The molecule has 1 unspecified atom stereocenters. The van der Waals surface area contributed by atoms with Gasteiger partial charge in [0.15, 0.2) is 27.6 Å². The third-order valence-electron chi connectivity index (χ3n) is 12.5. The molecule has 22 heteroatoms. The van der Waals surface area contributed by atoms with Gasteiger partial charge in [-0.3, -0.25) is 19.2 Å². The van der Waals surface area contributed by atoms with Crippen LogP contribution in [0.15, 0.2) is 94.5 Å². The lowest BCUT2D eigenvalue weighted by Crippen LogP contribution is -2.40. The molecule has 1 atom stereocenters. The molecule has 0 bridgehead atoms. The summed E-state index contributed by atoms with van der Waals surface area (Å²) in [6.45, 7) is 5.74. The molecule has 1 saturated carbocycles. The van der Waals surface area contributed by atoms with Crippen LogP contribution in [-0.2, 0) is 40.3 Å². The van der Waals surface area contributed by atoms with Crippen molar-refractivity contribution in [1.82, 2.24) is 25.5 Å². The van der Waals surface area contributed by atoms with Gasteiger partial charge in [-0.05, 0) is 117 Å². The van der Waals surface area contributed by atoms with Crippen molar-refractivity contribution in [2.75, 3.05) is 74.5 Å². The number of nitrogens with zero attached hydrogens (tertiary/aromatic N) is 3. The number of anilines is 3. The number of alkyl halides is 2. The third kappa shape index (κ3) is 12.6. The van der Waals surface area contributed by atoms with E-state index in [9.17, 15) is 32.2 Å². The maximum atomic E-state index is 13.6. The molecule has 3 aliphatic rings. The Morgan fingerprint density at radius 3 is 2.39 bits per heavy atom. The molecule has 5 heterocycles. The number of hydrogen-bond acceptors (Lipinski definition) is 14. The van der Waals surface area contributed by atoms with Gasteiger partial charge >= 0.3 is 6.29 Å². The minimum atomic E-state index is -3.75. The van der Waals surface area contributed by atoms with Crippen LogP contribution < -0.4 is 35.5 Å². The highest BCUT2D eigenvalue weighted by atomic mass is 32.2. The summed E-state index contributed by atoms with van der Waals surface area (Å²) in [7, 11) is -1.35. The van der Waals surface area contributed by atoms with E-state index in [2.05, 4.69) is 45.3 Å². The van der Waals surface area contributed by atoms with Crippen molar-refractivity contribution in [1.29, 1.82) is 0 Å². The van der Waals surface area contributed by atoms with E-state index in [1.165, 1.54) is 34.8 Å². The standard InChI is InChI=1S/C50H52F2N8O9S3/c1-31-7-12-41(57-47(64)49(16-17-49)35-8-11-38-39(29-35)69-50(51,52)68-38)56-44(31)33-4-2-5-34(28-33)45(62)54-19-24-67-26-25-66-23-18-53-42(61)15-22-60-20-13-32(14-21-60)46(63)58-48-55-37-10-9-36(30-40(37)71-48)59-72(65)43-6-3-27-70-43/h2-12,27-30,32,59H,13-26H2,1H3,(H,53,61)(H,54,62)(H,55,58,63)(H,56,57,64). The van der Waals surface area contributed by atoms with Crippen molar-refractivity contribution in [3.05, 3.63) is 107 Å². The van der Waals surface area contributed by atoms with Crippen molar-refractivity contribution in [2.24, 2.45) is 5.92 Å². The number of thiophene rings is 1. The lowest BCUT2D eigenvalue weighted by Gasteiger charge is -2.30. The van der Waals surface area contributed by atoms with Gasteiger partial charge in [-0.2, -0.15) is 0 Å². The maximum Gasteiger partial charge on any atom is 0.586 e. The van der Waals surface area contributed by atoms with Crippen LogP contribution >= 0.6 is 22.7 Å². The normalized spacial score (nSPS) is 16.2. The van der Waals surface area contributed by atoms with Crippen molar-refractivity contribution in [3.63, 3.8) is 0 Å². The topological polar surface area (TPSA) is 211 Å². The Kier molecular flexibility index (Phi) is 15.8. The van der Waals surface area contributed by atoms with Crippen LogP contribution in [0.2, 0.25) is 0 Å². The van der Waals surface area contributed by atoms with Gasteiger partial charge in [0.2, 0.25) is 17.7 Å². The van der Waals surface area contributed by atoms with E-state index in [4.69, 9.17) is 14.5 Å². The molecule has 72 heavy (non-hydrogen) atoms. The van der Waals surface area contributed by atoms with Crippen molar-refractivity contribution < 1.29 is 51.1 Å². The number of hydrogen-bond donors (Lipinski definition) is 5. The van der Waals surface area contributed by atoms with Gasteiger partial charge < -0.3 is 49.8 Å². The molecule has 2 aliphatic heterocycles. The molecule has 6 aromatic rings. The lowest BCUT2D eigenvalue weighted by atomic mass is 9.94. The first-order chi connectivity index (χ1) is 34.8. The van der Waals surface area contributed by atoms with Crippen molar-refractivity contribution in [3.8, 4) is 22.8 Å². The Morgan fingerprint density at radius 2 is 1.62 bits per heavy atom. The zero-order valence-electron chi connectivity index (χ0n) is 39.1. The number of halogens is 2. The molecule has 17 nitrogen and oxygen atoms in total. The first kappa shape index (κ1) is 50.5. The van der Waals surface area contributed by atoms with E-state index >= 15 is 0 Å². The minimum Gasteiger partial charge on any atom is -0.395 e. The van der Waals surface area contributed by atoms with E-state index in [0.29, 0.717) is 117 Å². The van der Waals surface area contributed by atoms with Crippen LogP contribution in [0.5, 0.6) is 11.5 Å². The average Bonchev–Trinajstić information content (AvgIpc) is 3.63. The summed E-state index contributed by atoms with van der Waals surface area (Å²) in [4.78, 5) is 63.7. The number of ether oxygens (including phenoxy) is 4. The molecule has 4 amide bonds. The van der Waals surface area contributed by atoms with E-state index in [1.807, 2.05) is 54.8 Å². The largest absolute Gasteiger partial charge is 0.586 e. The number of piperidine rings is 1. The number of likely N-dealkylation sites (tertiary alicyclic amines) is 1. The van der Waals surface area contributed by atoms with Gasteiger partial charge in [-0.1, -0.05) is 41.7 Å². The predicted octanol–water partition coefficient (Wildman–Crippen LogP) is 7.47. The number of carbonyl (C=O) groups excluding carboxylic acids is 4. The molecule has 3 aromatic heterocycles. The number of rotatable bonds is 22. The second-order valence-electron chi connectivity index (χ2n) is 17.5. The quantitative estimate of drug-likeness (QED) is 0.0419. The van der Waals surface area contributed by atoms with Crippen LogP contribution in [0, 0.1) is 12.8 Å². The van der Waals surface area contributed by atoms with Crippen LogP contribution in [0.3, 0.4) is 0 Å². The number of amides is 4.